The number of carbonyl (C=O) groups is 1. The third kappa shape index (κ3) is 2.61. The summed E-state index contributed by atoms with van der Waals surface area (Å²) >= 11 is 0. The monoisotopic (exact) mass is 283 g/mol. The largest absolute Gasteiger partial charge is 0.508 e. The van der Waals surface area contributed by atoms with Crippen LogP contribution in [0.2, 0.25) is 0 Å². The Morgan fingerprint density at radius 1 is 1.44 bits per heavy atom. The van der Waals surface area contributed by atoms with Crippen LogP contribution in [0.4, 0.5) is 18.0 Å². The van der Waals surface area contributed by atoms with Crippen molar-refractivity contribution >= 4 is 18.5 Å². The zero-order valence-electron chi connectivity index (χ0n) is 8.82. The molecule has 0 saturated carbocycles. The zero-order valence-corrected chi connectivity index (χ0v) is 9.64. The van der Waals surface area contributed by atoms with Gasteiger partial charge < -0.3 is 15.2 Å². The van der Waals surface area contributed by atoms with Gasteiger partial charge in [-0.1, -0.05) is 6.07 Å². The van der Waals surface area contributed by atoms with Crippen molar-refractivity contribution in [1.29, 1.82) is 0 Å². The Hall–Kier alpha value is -1.63. The van der Waals surface area contributed by atoms with Gasteiger partial charge in [0.15, 0.2) is 6.61 Å². The van der Waals surface area contributed by atoms with Crippen molar-refractivity contribution < 1.29 is 27.8 Å². The number of nitrogens with one attached hydrogen (secondary N) is 1. The van der Waals surface area contributed by atoms with Crippen molar-refractivity contribution in [2.45, 2.75) is 12.0 Å². The number of phenols is 1. The Labute approximate surface area is 106 Å². The van der Waals surface area contributed by atoms with Crippen LogP contribution < -0.4 is 5.32 Å². The Morgan fingerprint density at radius 3 is 2.72 bits per heavy atom. The molecule has 1 amide bonds. The molecule has 2 rings (SSSR count). The van der Waals surface area contributed by atoms with E-state index >= 15 is 0 Å². The summed E-state index contributed by atoms with van der Waals surface area (Å²) in [5, 5.41) is 10.8. The highest BCUT2D eigenvalue weighted by Crippen LogP contribution is 2.36. The molecule has 0 unspecified atom stereocenters. The normalized spacial score (nSPS) is 21.5. The van der Waals surface area contributed by atoms with Crippen molar-refractivity contribution in [1.82, 2.24) is 5.32 Å². The number of hydrogen-bond acceptors (Lipinski definition) is 3. The molecular weight excluding hydrogens is 275 g/mol. The third-order valence-electron chi connectivity index (χ3n) is 2.38. The van der Waals surface area contributed by atoms with Crippen LogP contribution in [0.3, 0.4) is 0 Å². The summed E-state index contributed by atoms with van der Waals surface area (Å²) in [5.41, 5.74) is -0.399. The highest BCUT2D eigenvalue weighted by molar-refractivity contribution is 5.85. The second-order valence-electron chi connectivity index (χ2n) is 3.62. The van der Waals surface area contributed by atoms with E-state index < -0.39 is 36.0 Å². The van der Waals surface area contributed by atoms with Crippen LogP contribution in [0.1, 0.15) is 11.6 Å². The molecule has 1 heterocycles. The van der Waals surface area contributed by atoms with E-state index in [2.05, 4.69) is 4.74 Å². The Morgan fingerprint density at radius 2 is 2.11 bits per heavy atom. The number of amides is 1. The topological polar surface area (TPSA) is 58.6 Å². The van der Waals surface area contributed by atoms with Gasteiger partial charge in [-0.2, -0.15) is 0 Å². The van der Waals surface area contributed by atoms with Gasteiger partial charge in [-0.05, 0) is 6.07 Å². The smallest absolute Gasteiger partial charge is 0.408 e. The van der Waals surface area contributed by atoms with Gasteiger partial charge in [0, 0.05) is 11.6 Å². The first-order valence-electron chi connectivity index (χ1n) is 4.70. The van der Waals surface area contributed by atoms with Gasteiger partial charge >= 0.3 is 12.0 Å². The van der Waals surface area contributed by atoms with E-state index in [0.29, 0.717) is 6.07 Å². The summed E-state index contributed by atoms with van der Waals surface area (Å²) in [6.45, 7) is -1.11. The van der Waals surface area contributed by atoms with E-state index in [1.165, 1.54) is 0 Å². The first-order chi connectivity index (χ1) is 7.90. The lowest BCUT2D eigenvalue weighted by atomic mass is 9.99. The Balaban J connectivity index is 0.00000162. The van der Waals surface area contributed by atoms with Crippen LogP contribution >= 0.6 is 12.4 Å². The zero-order chi connectivity index (χ0) is 12.6. The van der Waals surface area contributed by atoms with Crippen LogP contribution in [-0.4, -0.2) is 23.7 Å². The molecule has 0 bridgehead atoms. The summed E-state index contributed by atoms with van der Waals surface area (Å²) in [5.74, 6) is -4.81. The van der Waals surface area contributed by atoms with Gasteiger partial charge in [0.05, 0.1) is 0 Å². The minimum Gasteiger partial charge on any atom is -0.508 e. The van der Waals surface area contributed by atoms with Gasteiger partial charge in [0.1, 0.15) is 17.6 Å². The minimum atomic E-state index is -3.41. The van der Waals surface area contributed by atoms with Gasteiger partial charge in [0.25, 0.3) is 0 Å². The van der Waals surface area contributed by atoms with Crippen molar-refractivity contribution in [3.05, 3.63) is 29.6 Å². The van der Waals surface area contributed by atoms with E-state index in [-0.39, 0.29) is 18.2 Å². The average molecular weight is 284 g/mol. The molecule has 2 N–H and O–H groups in total. The van der Waals surface area contributed by atoms with Gasteiger partial charge in [-0.15, -0.1) is 12.4 Å². The lowest BCUT2D eigenvalue weighted by Crippen LogP contribution is -2.49. The predicted molar refractivity (Wildman–Crippen MR) is 57.5 cm³/mol. The van der Waals surface area contributed by atoms with Crippen molar-refractivity contribution in [3.63, 3.8) is 0 Å². The molecule has 1 saturated heterocycles. The number of aromatic hydroxyl groups is 1. The van der Waals surface area contributed by atoms with Crippen LogP contribution in [0.15, 0.2) is 18.2 Å². The van der Waals surface area contributed by atoms with Gasteiger partial charge in [0.2, 0.25) is 0 Å². The molecule has 1 atom stereocenters. The van der Waals surface area contributed by atoms with Crippen LogP contribution in [0.5, 0.6) is 5.75 Å². The van der Waals surface area contributed by atoms with E-state index in [9.17, 15) is 18.0 Å². The number of ether oxygens (including phenoxy) is 1. The summed E-state index contributed by atoms with van der Waals surface area (Å²) in [6, 6.07) is 0.960. The van der Waals surface area contributed by atoms with Crippen LogP contribution in [0.25, 0.3) is 0 Å². The second-order valence-corrected chi connectivity index (χ2v) is 3.62. The molecule has 1 aromatic carbocycles. The highest BCUT2D eigenvalue weighted by atomic mass is 35.5. The first-order valence-corrected chi connectivity index (χ1v) is 4.70. The number of rotatable bonds is 1. The summed E-state index contributed by atoms with van der Waals surface area (Å²) < 4.78 is 44.4. The molecule has 0 radical (unpaired) electrons. The molecular formula is C10H9ClF3NO3. The SMILES string of the molecule is Cl.O=C1N[C@H](c2ccc(O)cc2F)C(F)(F)CO1. The molecule has 1 aromatic rings. The molecule has 1 fully saturated rings. The third-order valence-corrected chi connectivity index (χ3v) is 2.38. The Kier molecular flexibility index (Phi) is 3.95. The number of phenolic OH excluding ortho intramolecular Hbond substituents is 1. The number of alkyl halides is 2. The number of hydrogen-bond donors (Lipinski definition) is 2. The quantitative estimate of drug-likeness (QED) is 0.832. The van der Waals surface area contributed by atoms with E-state index in [4.69, 9.17) is 5.11 Å². The molecule has 0 aliphatic carbocycles. The number of carbonyl (C=O) groups excluding carboxylic acids is 1. The molecule has 1 aliphatic rings. The number of cyclic esters (lactones) is 1. The molecule has 8 heteroatoms. The maximum absolute atomic E-state index is 13.4. The highest BCUT2D eigenvalue weighted by Gasteiger charge is 2.47. The summed E-state index contributed by atoms with van der Waals surface area (Å²) in [6.07, 6.45) is -1.03. The van der Waals surface area contributed by atoms with Crippen LogP contribution in [0, 0.1) is 5.82 Å². The second kappa shape index (κ2) is 4.93. The fourth-order valence-electron chi connectivity index (χ4n) is 1.57. The maximum atomic E-state index is 13.4. The lowest BCUT2D eigenvalue weighted by molar-refractivity contribution is -0.105. The average Bonchev–Trinajstić information content (AvgIpc) is 2.23. The van der Waals surface area contributed by atoms with E-state index in [1.54, 1.807) is 0 Å². The molecule has 4 nitrogen and oxygen atoms in total. The predicted octanol–water partition coefficient (Wildman–Crippen LogP) is 2.37. The molecule has 0 aromatic heterocycles. The fourth-order valence-corrected chi connectivity index (χ4v) is 1.57. The summed E-state index contributed by atoms with van der Waals surface area (Å²) in [4.78, 5) is 10.9. The van der Waals surface area contributed by atoms with Crippen molar-refractivity contribution in [2.75, 3.05) is 6.61 Å². The van der Waals surface area contributed by atoms with Crippen molar-refractivity contribution in [3.8, 4) is 5.75 Å². The molecule has 100 valence electrons. The number of alkyl carbamates (subject to hydrolysis) is 1. The van der Waals surface area contributed by atoms with E-state index in [0.717, 1.165) is 12.1 Å². The first kappa shape index (κ1) is 14.4. The minimum absolute atomic E-state index is 0. The van der Waals surface area contributed by atoms with Crippen molar-refractivity contribution in [2.24, 2.45) is 0 Å². The molecule has 1 aliphatic heterocycles. The van der Waals surface area contributed by atoms with Gasteiger partial charge in [-0.3, -0.25) is 0 Å². The Bertz CT molecular complexity index is 470. The maximum Gasteiger partial charge on any atom is 0.408 e. The van der Waals surface area contributed by atoms with Crippen LogP contribution in [-0.2, 0) is 4.74 Å². The van der Waals surface area contributed by atoms with Gasteiger partial charge in [-0.25, -0.2) is 18.0 Å². The van der Waals surface area contributed by atoms with E-state index in [1.807, 2.05) is 5.32 Å². The molecule has 18 heavy (non-hydrogen) atoms. The number of halogens is 4. The molecule has 0 spiro atoms. The fraction of sp³-hybridized carbons (Fsp3) is 0.300. The standard InChI is InChI=1S/C10H8F3NO3.ClH/c11-7-3-5(15)1-2-6(7)8-10(12,13)4-17-9(16)14-8;/h1-3,8,15H,4H2,(H,14,16);1H/t8-;/m1./s1. The lowest BCUT2D eigenvalue weighted by Gasteiger charge is -2.31. The number of benzene rings is 1. The summed E-state index contributed by atoms with van der Waals surface area (Å²) in [7, 11) is 0.